The lowest BCUT2D eigenvalue weighted by molar-refractivity contribution is -0.152. The standard InChI is InChI=1S/C54H100N5O9P/c1-3-5-7-9-11-13-15-17-19-21-23-25-30-34-53(60)63-49-52(50-64-54(61)35-31-26-24-22-20-18-16-14-12-10-8-6-4-2)68-69(62,67-48-51-32-28-27-29-33-51)66-47-46-65-58-42-45-59-43-40-56-38-36-55-37-39-57-41-44-59/h27-29,32-33,42,52,55-57H,3-26,30-31,34-41,43-50H2,1-2H3/b58-42+. The predicted molar refractivity (Wildman–Crippen MR) is 282 cm³/mol. The monoisotopic (exact) mass is 994 g/mol. The molecule has 1 heterocycles. The van der Waals surface area contributed by atoms with E-state index in [0.717, 1.165) is 96.4 Å². The van der Waals surface area contributed by atoms with Crippen LogP contribution in [0.5, 0.6) is 0 Å². The fourth-order valence-corrected chi connectivity index (χ4v) is 9.43. The predicted octanol–water partition coefficient (Wildman–Crippen LogP) is 11.8. The second-order valence-corrected chi connectivity index (χ2v) is 20.4. The van der Waals surface area contributed by atoms with Crippen LogP contribution in [-0.4, -0.2) is 114 Å². The van der Waals surface area contributed by atoms with E-state index in [2.05, 4.69) is 39.9 Å². The van der Waals surface area contributed by atoms with Gasteiger partial charge in [0.15, 0.2) is 0 Å². The van der Waals surface area contributed by atoms with Crippen molar-refractivity contribution in [1.29, 1.82) is 0 Å². The van der Waals surface area contributed by atoms with Crippen molar-refractivity contribution in [1.82, 2.24) is 20.9 Å². The summed E-state index contributed by atoms with van der Waals surface area (Å²) in [7, 11) is -4.30. The minimum atomic E-state index is -4.30. The average molecular weight is 994 g/mol. The minimum Gasteiger partial charge on any atom is -0.463 e. The summed E-state index contributed by atoms with van der Waals surface area (Å²) in [6.45, 7) is 11.6. The number of rotatable bonds is 44. The smallest absolute Gasteiger partial charge is 0.463 e. The van der Waals surface area contributed by atoms with Gasteiger partial charge in [-0.2, -0.15) is 0 Å². The van der Waals surface area contributed by atoms with Crippen LogP contribution in [0.4, 0.5) is 0 Å². The number of unbranched alkanes of at least 4 members (excludes halogenated alkanes) is 24. The van der Waals surface area contributed by atoms with Crippen LogP contribution in [0.2, 0.25) is 0 Å². The lowest BCUT2D eigenvalue weighted by Gasteiger charge is -2.24. The molecule has 0 bridgehead atoms. The summed E-state index contributed by atoms with van der Waals surface area (Å²) in [4.78, 5) is 33.7. The Balaban J connectivity index is 1.89. The number of hydrogen-bond donors (Lipinski definition) is 3. The van der Waals surface area contributed by atoms with Crippen molar-refractivity contribution in [3.63, 3.8) is 0 Å². The van der Waals surface area contributed by atoms with E-state index in [1.54, 1.807) is 6.21 Å². The van der Waals surface area contributed by atoms with Crippen molar-refractivity contribution in [2.75, 3.05) is 85.3 Å². The highest BCUT2D eigenvalue weighted by Crippen LogP contribution is 2.51. The van der Waals surface area contributed by atoms with E-state index < -0.39 is 13.9 Å². The van der Waals surface area contributed by atoms with Gasteiger partial charge in [-0.3, -0.25) is 28.1 Å². The van der Waals surface area contributed by atoms with E-state index in [9.17, 15) is 14.2 Å². The van der Waals surface area contributed by atoms with Crippen LogP contribution in [-0.2, 0) is 48.6 Å². The van der Waals surface area contributed by atoms with Gasteiger partial charge in [-0.25, -0.2) is 4.57 Å². The highest BCUT2D eigenvalue weighted by Gasteiger charge is 2.33. The van der Waals surface area contributed by atoms with E-state index in [1.165, 1.54) is 128 Å². The number of nitrogens with zero attached hydrogens (tertiary/aromatic N) is 2. The Hall–Kier alpha value is -2.42. The lowest BCUT2D eigenvalue weighted by atomic mass is 10.0. The molecule has 3 N–H and O–H groups in total. The molecule has 0 aromatic heterocycles. The van der Waals surface area contributed by atoms with Gasteiger partial charge >= 0.3 is 19.8 Å². The summed E-state index contributed by atoms with van der Waals surface area (Å²) >= 11 is 0. The molecule has 0 radical (unpaired) electrons. The molecular weight excluding hydrogens is 894 g/mol. The summed E-state index contributed by atoms with van der Waals surface area (Å²) in [5.41, 5.74) is 0.763. The fourth-order valence-electron chi connectivity index (χ4n) is 8.15. The van der Waals surface area contributed by atoms with Gasteiger partial charge in [-0.05, 0) is 18.4 Å². The number of hydrogen-bond acceptors (Lipinski definition) is 14. The first-order valence-electron chi connectivity index (χ1n) is 27.8. The molecule has 1 fully saturated rings. The zero-order chi connectivity index (χ0) is 49.4. The Morgan fingerprint density at radius 3 is 1.45 bits per heavy atom. The maximum absolute atomic E-state index is 14.3. The molecule has 1 aromatic carbocycles. The molecule has 15 heteroatoms. The number of carbonyl (C=O) groups is 2. The average Bonchev–Trinajstić information content (AvgIpc) is 3.35. The van der Waals surface area contributed by atoms with Crippen LogP contribution < -0.4 is 16.0 Å². The number of ether oxygens (including phenoxy) is 2. The largest absolute Gasteiger partial charge is 0.475 e. The number of nitrogens with one attached hydrogen (secondary N) is 3. The van der Waals surface area contributed by atoms with E-state index in [0.29, 0.717) is 6.54 Å². The first kappa shape index (κ1) is 62.7. The molecule has 1 unspecified atom stereocenters. The van der Waals surface area contributed by atoms with Crippen LogP contribution in [0.3, 0.4) is 0 Å². The molecule has 1 aliphatic rings. The Bertz CT molecular complexity index is 1340. The Labute approximate surface area is 420 Å². The molecule has 400 valence electrons. The summed E-state index contributed by atoms with van der Waals surface area (Å²) in [6.07, 6.45) is 32.8. The topological polar surface area (TPSA) is 158 Å². The Morgan fingerprint density at radius 1 is 0.580 bits per heavy atom. The third-order valence-electron chi connectivity index (χ3n) is 12.4. The van der Waals surface area contributed by atoms with Crippen LogP contribution in [0.25, 0.3) is 0 Å². The maximum Gasteiger partial charge on any atom is 0.475 e. The van der Waals surface area contributed by atoms with Crippen molar-refractivity contribution >= 4 is 26.0 Å². The maximum atomic E-state index is 14.3. The van der Waals surface area contributed by atoms with Crippen molar-refractivity contribution in [2.45, 2.75) is 206 Å². The molecule has 14 nitrogen and oxygen atoms in total. The first-order chi connectivity index (χ1) is 33.9. The highest BCUT2D eigenvalue weighted by molar-refractivity contribution is 7.48. The normalized spacial score (nSPS) is 15.2. The van der Waals surface area contributed by atoms with E-state index in [1.807, 2.05) is 30.3 Å². The molecule has 1 aliphatic heterocycles. The van der Waals surface area contributed by atoms with Crippen LogP contribution in [0, 0.1) is 0 Å². The van der Waals surface area contributed by atoms with E-state index in [4.69, 9.17) is 27.9 Å². The summed E-state index contributed by atoms with van der Waals surface area (Å²) in [6, 6.07) is 9.29. The first-order valence-corrected chi connectivity index (χ1v) is 29.3. The fraction of sp³-hybridized carbons (Fsp3) is 0.833. The molecule has 2 rings (SSSR count). The van der Waals surface area contributed by atoms with Crippen molar-refractivity contribution < 1.29 is 42.0 Å². The molecule has 69 heavy (non-hydrogen) atoms. The van der Waals surface area contributed by atoms with Gasteiger partial charge in [0.25, 0.3) is 0 Å². The van der Waals surface area contributed by atoms with Gasteiger partial charge in [0.2, 0.25) is 0 Å². The van der Waals surface area contributed by atoms with Crippen LogP contribution >= 0.6 is 7.82 Å². The Kier molecular flexibility index (Phi) is 42.4. The summed E-state index contributed by atoms with van der Waals surface area (Å²) < 4.78 is 43.2. The third-order valence-corrected chi connectivity index (χ3v) is 13.9. The van der Waals surface area contributed by atoms with Gasteiger partial charge in [0, 0.05) is 71.7 Å². The second kappa shape index (κ2) is 46.6. The van der Waals surface area contributed by atoms with Crippen LogP contribution in [0.15, 0.2) is 35.5 Å². The summed E-state index contributed by atoms with van der Waals surface area (Å²) in [5.74, 6) is -0.760. The van der Waals surface area contributed by atoms with Gasteiger partial charge in [0.05, 0.1) is 19.4 Å². The quantitative estimate of drug-likeness (QED) is 0.0187. The zero-order valence-corrected chi connectivity index (χ0v) is 44.7. The lowest BCUT2D eigenvalue weighted by Crippen LogP contribution is -2.42. The van der Waals surface area contributed by atoms with Gasteiger partial charge in [-0.15, -0.1) is 0 Å². The molecule has 0 amide bonds. The van der Waals surface area contributed by atoms with Crippen molar-refractivity contribution in [2.24, 2.45) is 5.16 Å². The summed E-state index contributed by atoms with van der Waals surface area (Å²) in [5, 5.41) is 14.4. The van der Waals surface area contributed by atoms with E-state index in [-0.39, 0.29) is 57.8 Å². The third kappa shape index (κ3) is 39.8. The molecule has 1 saturated heterocycles. The highest BCUT2D eigenvalue weighted by atomic mass is 31.2. The number of esters is 2. The number of phosphoric acid groups is 1. The molecular formula is C54H100N5O9P. The number of benzene rings is 1. The van der Waals surface area contributed by atoms with Crippen molar-refractivity contribution in [3.8, 4) is 0 Å². The molecule has 0 aliphatic carbocycles. The molecule has 1 atom stereocenters. The van der Waals surface area contributed by atoms with Crippen LogP contribution in [0.1, 0.15) is 199 Å². The van der Waals surface area contributed by atoms with Gasteiger partial charge in [0.1, 0.15) is 25.9 Å². The SMILES string of the molecule is CCCCCCCCCCCCCCCC(=O)OCC(COC(=O)CCCCCCCCCCCCCCC)OP(=O)(OCCO/N=C/CN1CCNCCNCCNCC1)OCc1ccccc1. The Morgan fingerprint density at radius 2 is 1.00 bits per heavy atom. The van der Waals surface area contributed by atoms with Crippen molar-refractivity contribution in [3.05, 3.63) is 35.9 Å². The number of carbonyl (C=O) groups excluding carboxylic acids is 2. The molecule has 0 spiro atoms. The zero-order valence-electron chi connectivity index (χ0n) is 43.8. The molecule has 0 saturated carbocycles. The number of phosphoric ester groups is 1. The van der Waals surface area contributed by atoms with Gasteiger partial charge in [-0.1, -0.05) is 203 Å². The number of oxime groups is 1. The minimum absolute atomic E-state index is 0.0124. The molecule has 1 aromatic rings. The second-order valence-electron chi connectivity index (χ2n) is 18.8. The van der Waals surface area contributed by atoms with Gasteiger partial charge < -0.3 is 30.3 Å². The van der Waals surface area contributed by atoms with E-state index >= 15 is 0 Å².